The number of aromatic nitrogens is 2. The van der Waals surface area contributed by atoms with Crippen molar-refractivity contribution in [3.63, 3.8) is 0 Å². The molecule has 0 fully saturated rings. The zero-order valence-electron chi connectivity index (χ0n) is 18.7. The van der Waals surface area contributed by atoms with Crippen molar-refractivity contribution in [3.05, 3.63) is 57.6 Å². The number of thiophene rings is 1. The second kappa shape index (κ2) is 9.02. The minimum absolute atomic E-state index is 0.0941. The fourth-order valence-electron chi connectivity index (χ4n) is 4.12. The number of nitriles is 1. The number of rotatable bonds is 5. The number of carbonyl (C=O) groups excluding carboxylic acids is 1. The maximum absolute atomic E-state index is 13.9. The van der Waals surface area contributed by atoms with Crippen molar-refractivity contribution in [1.82, 2.24) is 9.78 Å². The Morgan fingerprint density at radius 2 is 2.09 bits per heavy atom. The molecule has 0 aliphatic carbocycles. The van der Waals surface area contributed by atoms with E-state index in [0.29, 0.717) is 28.3 Å². The van der Waals surface area contributed by atoms with Crippen LogP contribution in [0.1, 0.15) is 57.5 Å². The molecule has 34 heavy (non-hydrogen) atoms. The van der Waals surface area contributed by atoms with Crippen LogP contribution < -0.4 is 15.4 Å². The smallest absolute Gasteiger partial charge is 0.410 e. The van der Waals surface area contributed by atoms with Gasteiger partial charge in [0.2, 0.25) is 0 Å². The largest absolute Gasteiger partial charge is 0.497 e. The van der Waals surface area contributed by atoms with Gasteiger partial charge in [-0.15, -0.1) is 11.3 Å². The molecule has 1 aliphatic heterocycles. The average Bonchev–Trinajstić information content (AvgIpc) is 3.37. The summed E-state index contributed by atoms with van der Waals surface area (Å²) in [6.45, 7) is 3.76. The summed E-state index contributed by atoms with van der Waals surface area (Å²) in [6, 6.07) is 7.66. The van der Waals surface area contributed by atoms with Crippen molar-refractivity contribution in [1.29, 1.82) is 5.26 Å². The van der Waals surface area contributed by atoms with Crippen LogP contribution in [0.3, 0.4) is 0 Å². The lowest BCUT2D eigenvalue weighted by Crippen LogP contribution is -2.35. The third-order valence-corrected chi connectivity index (χ3v) is 6.90. The highest BCUT2D eigenvalue weighted by molar-refractivity contribution is 7.16. The van der Waals surface area contributed by atoms with Crippen LogP contribution in [0.25, 0.3) is 0 Å². The predicted octanol–water partition coefficient (Wildman–Crippen LogP) is 5.61. The molecule has 7 nitrogen and oxygen atoms in total. The molecule has 1 aromatic carbocycles. The molecule has 2 N–H and O–H groups in total. The fraction of sp³-hybridized carbons (Fsp3) is 0.348. The quantitative estimate of drug-likeness (QED) is 0.486. The van der Waals surface area contributed by atoms with Crippen molar-refractivity contribution in [2.45, 2.75) is 44.9 Å². The second-order valence-corrected chi connectivity index (χ2v) is 9.11. The first-order valence-corrected chi connectivity index (χ1v) is 11.4. The van der Waals surface area contributed by atoms with Crippen LogP contribution in [-0.4, -0.2) is 29.0 Å². The molecule has 11 heteroatoms. The molecule has 0 saturated heterocycles. The maximum atomic E-state index is 13.9. The van der Waals surface area contributed by atoms with Crippen molar-refractivity contribution in [3.8, 4) is 11.8 Å². The van der Waals surface area contributed by atoms with Crippen LogP contribution in [0.5, 0.6) is 5.75 Å². The number of carbonyl (C=O) groups is 1. The van der Waals surface area contributed by atoms with E-state index in [1.54, 1.807) is 24.3 Å². The van der Waals surface area contributed by atoms with Gasteiger partial charge in [0.1, 0.15) is 22.6 Å². The van der Waals surface area contributed by atoms with Crippen LogP contribution in [0, 0.1) is 18.3 Å². The fourth-order valence-corrected chi connectivity index (χ4v) is 5.21. The molecule has 0 unspecified atom stereocenters. The van der Waals surface area contributed by atoms with Gasteiger partial charge in [0.25, 0.3) is 5.91 Å². The van der Waals surface area contributed by atoms with E-state index in [-0.39, 0.29) is 17.9 Å². The summed E-state index contributed by atoms with van der Waals surface area (Å²) in [5.41, 5.74) is 1.70. The van der Waals surface area contributed by atoms with Gasteiger partial charge < -0.3 is 15.4 Å². The van der Waals surface area contributed by atoms with Crippen LogP contribution in [0.2, 0.25) is 0 Å². The predicted molar refractivity (Wildman–Crippen MR) is 122 cm³/mol. The van der Waals surface area contributed by atoms with E-state index in [9.17, 15) is 23.2 Å². The first-order valence-electron chi connectivity index (χ1n) is 10.6. The van der Waals surface area contributed by atoms with Crippen molar-refractivity contribution < 1.29 is 22.7 Å². The average molecular weight is 490 g/mol. The van der Waals surface area contributed by atoms with E-state index in [1.165, 1.54) is 24.5 Å². The monoisotopic (exact) mass is 489 g/mol. The first kappa shape index (κ1) is 23.6. The van der Waals surface area contributed by atoms with E-state index in [0.717, 1.165) is 15.1 Å². The minimum atomic E-state index is -4.56. The van der Waals surface area contributed by atoms with Gasteiger partial charge in [0, 0.05) is 17.4 Å². The summed E-state index contributed by atoms with van der Waals surface area (Å²) < 4.78 is 47.7. The zero-order chi connectivity index (χ0) is 24.6. The molecule has 1 amide bonds. The Morgan fingerprint density at radius 1 is 1.38 bits per heavy atom. The standard InChI is InChI=1S/C23H22F3N5O2S/c1-4-15-12(2)34-22(16(15)11-27)29-21(32)18-10-20-28-17(13-5-7-14(33-3)8-6-13)9-19(23(24,25)26)31(20)30-18/h5-8,10,17,19,28H,4,9H2,1-3H3,(H,29,32)/t17-,19-/m1/s1. The highest BCUT2D eigenvalue weighted by Crippen LogP contribution is 2.44. The Bertz CT molecular complexity index is 1260. The molecule has 2 aromatic heterocycles. The van der Waals surface area contributed by atoms with Gasteiger partial charge in [-0.2, -0.15) is 23.5 Å². The molecular formula is C23H22F3N5O2S. The molecule has 178 valence electrons. The van der Waals surface area contributed by atoms with Crippen molar-refractivity contribution >= 4 is 28.1 Å². The van der Waals surface area contributed by atoms with E-state index in [2.05, 4.69) is 21.8 Å². The number of alkyl halides is 3. The number of amides is 1. The Balaban J connectivity index is 1.64. The number of ether oxygens (including phenoxy) is 1. The van der Waals surface area contributed by atoms with E-state index in [4.69, 9.17) is 4.74 Å². The molecule has 0 radical (unpaired) electrons. The molecule has 4 rings (SSSR count). The van der Waals surface area contributed by atoms with E-state index >= 15 is 0 Å². The lowest BCUT2D eigenvalue weighted by molar-refractivity contribution is -0.173. The number of benzene rings is 1. The van der Waals surface area contributed by atoms with Crippen LogP contribution in [-0.2, 0) is 6.42 Å². The summed E-state index contributed by atoms with van der Waals surface area (Å²) in [4.78, 5) is 13.8. The van der Waals surface area contributed by atoms with Gasteiger partial charge in [-0.05, 0) is 36.6 Å². The number of hydrogen-bond donors (Lipinski definition) is 2. The number of nitrogens with one attached hydrogen (secondary N) is 2. The third kappa shape index (κ3) is 4.33. The number of methoxy groups -OCH3 is 1. The maximum Gasteiger partial charge on any atom is 0.410 e. The molecule has 1 aliphatic rings. The first-order chi connectivity index (χ1) is 16.2. The lowest BCUT2D eigenvalue weighted by Gasteiger charge is -2.33. The molecule has 0 saturated carbocycles. The van der Waals surface area contributed by atoms with Crippen LogP contribution >= 0.6 is 11.3 Å². The molecule has 0 spiro atoms. The lowest BCUT2D eigenvalue weighted by atomic mass is 9.97. The van der Waals surface area contributed by atoms with Gasteiger partial charge in [-0.1, -0.05) is 19.1 Å². The SMILES string of the molecule is CCc1c(C)sc(NC(=O)c2cc3n(n2)[C@@H](C(F)(F)F)C[C@H](c2ccc(OC)cc2)N3)c1C#N. The highest BCUT2D eigenvalue weighted by atomic mass is 32.1. The molecule has 2 atom stereocenters. The van der Waals surface area contributed by atoms with E-state index in [1.807, 2.05) is 13.8 Å². The van der Waals surface area contributed by atoms with E-state index < -0.39 is 24.2 Å². The topological polar surface area (TPSA) is 92.0 Å². The Kier molecular flexibility index (Phi) is 6.27. The summed E-state index contributed by atoms with van der Waals surface area (Å²) in [5, 5.41) is 19.6. The summed E-state index contributed by atoms with van der Waals surface area (Å²) in [6.07, 6.45) is -4.21. The number of anilines is 2. The van der Waals surface area contributed by atoms with Gasteiger partial charge in [-0.25, -0.2) is 4.68 Å². The Hall–Kier alpha value is -3.52. The summed E-state index contributed by atoms with van der Waals surface area (Å²) in [5.74, 6) is 0.0189. The molecular weight excluding hydrogens is 467 g/mol. The molecule has 0 bridgehead atoms. The second-order valence-electron chi connectivity index (χ2n) is 7.88. The van der Waals surface area contributed by atoms with Crippen molar-refractivity contribution in [2.24, 2.45) is 0 Å². The van der Waals surface area contributed by atoms with Gasteiger partial charge in [0.05, 0.1) is 18.7 Å². The Labute approximate surface area is 198 Å². The summed E-state index contributed by atoms with van der Waals surface area (Å²) in [7, 11) is 1.51. The van der Waals surface area contributed by atoms with Gasteiger partial charge >= 0.3 is 6.18 Å². The molecule has 3 heterocycles. The van der Waals surface area contributed by atoms with Crippen LogP contribution in [0.4, 0.5) is 24.0 Å². The van der Waals surface area contributed by atoms with Gasteiger partial charge in [-0.3, -0.25) is 4.79 Å². The zero-order valence-corrected chi connectivity index (χ0v) is 19.5. The van der Waals surface area contributed by atoms with Gasteiger partial charge in [0.15, 0.2) is 11.7 Å². The summed E-state index contributed by atoms with van der Waals surface area (Å²) >= 11 is 1.26. The number of fused-ring (bicyclic) bond motifs is 1. The normalized spacial score (nSPS) is 17.4. The van der Waals surface area contributed by atoms with Crippen molar-refractivity contribution in [2.75, 3.05) is 17.7 Å². The highest BCUT2D eigenvalue weighted by Gasteiger charge is 2.46. The Morgan fingerprint density at radius 3 is 2.68 bits per heavy atom. The number of nitrogens with zero attached hydrogens (tertiary/aromatic N) is 3. The minimum Gasteiger partial charge on any atom is -0.497 e. The number of halogens is 3. The van der Waals surface area contributed by atoms with Crippen LogP contribution in [0.15, 0.2) is 30.3 Å². The number of aryl methyl sites for hydroxylation is 1. The third-order valence-electron chi connectivity index (χ3n) is 5.84. The molecule has 3 aromatic rings. The number of hydrogen-bond acceptors (Lipinski definition) is 6.